The number of hydrogen-bond donors (Lipinski definition) is 1. The van der Waals surface area contributed by atoms with E-state index < -0.39 is 0 Å². The maximum Gasteiger partial charge on any atom is 0.185 e. The first-order chi connectivity index (χ1) is 14.8. The minimum absolute atomic E-state index is 0.226. The third-order valence-electron chi connectivity index (χ3n) is 7.38. The standard InChI is InChI=1S/C26H39N3OS/c1-25(2)10-11-26(3,4)22-18-20(8-9-21(22)25)23-19-31-24(27-23)29-14-7-13-28(15-16-29)12-5-6-17-30/h8-9,18-19,30H,5-7,10-17H2,1-4H3. The molecule has 4 nitrogen and oxygen atoms in total. The number of anilines is 1. The largest absolute Gasteiger partial charge is 0.396 e. The molecule has 1 aliphatic heterocycles. The van der Waals surface area contributed by atoms with Crippen LogP contribution in [0.3, 0.4) is 0 Å². The molecule has 0 bridgehead atoms. The third-order valence-corrected chi connectivity index (χ3v) is 8.28. The van der Waals surface area contributed by atoms with Crippen molar-refractivity contribution in [2.75, 3.05) is 44.2 Å². The van der Waals surface area contributed by atoms with Crippen molar-refractivity contribution in [3.05, 3.63) is 34.7 Å². The van der Waals surface area contributed by atoms with Gasteiger partial charge in [0.25, 0.3) is 0 Å². The monoisotopic (exact) mass is 441 g/mol. The fraction of sp³-hybridized carbons (Fsp3) is 0.654. The van der Waals surface area contributed by atoms with Crippen LogP contribution in [0.25, 0.3) is 11.3 Å². The van der Waals surface area contributed by atoms with E-state index in [1.807, 2.05) is 0 Å². The van der Waals surface area contributed by atoms with Crippen molar-refractivity contribution in [3.8, 4) is 11.3 Å². The second-order valence-corrected chi connectivity index (χ2v) is 11.5. The van der Waals surface area contributed by atoms with E-state index in [2.05, 4.69) is 61.1 Å². The molecule has 0 saturated carbocycles. The van der Waals surface area contributed by atoms with Crippen LogP contribution in [0.5, 0.6) is 0 Å². The SMILES string of the molecule is CC1(C)CCC(C)(C)c2cc(-c3csc(N4CCCN(CCCCO)CC4)n3)ccc21. The van der Waals surface area contributed by atoms with Crippen LogP contribution in [-0.2, 0) is 10.8 Å². The van der Waals surface area contributed by atoms with E-state index in [4.69, 9.17) is 10.1 Å². The molecule has 4 rings (SSSR count). The first-order valence-electron chi connectivity index (χ1n) is 12.0. The molecule has 2 heterocycles. The number of aromatic nitrogens is 1. The first-order valence-corrected chi connectivity index (χ1v) is 12.9. The quantitative estimate of drug-likeness (QED) is 0.606. The molecular weight excluding hydrogens is 402 g/mol. The highest BCUT2D eigenvalue weighted by atomic mass is 32.1. The summed E-state index contributed by atoms with van der Waals surface area (Å²) in [7, 11) is 0. The van der Waals surface area contributed by atoms with E-state index in [9.17, 15) is 0 Å². The Morgan fingerprint density at radius 2 is 1.74 bits per heavy atom. The lowest BCUT2D eigenvalue weighted by molar-refractivity contribution is 0.250. The van der Waals surface area contributed by atoms with E-state index in [1.165, 1.54) is 36.0 Å². The molecule has 0 radical (unpaired) electrons. The molecular formula is C26H39N3OS. The topological polar surface area (TPSA) is 39.6 Å². The van der Waals surface area contributed by atoms with Gasteiger partial charge >= 0.3 is 0 Å². The fourth-order valence-corrected chi connectivity index (χ4v) is 6.01. The normalized spacial score (nSPS) is 21.0. The molecule has 170 valence electrons. The molecule has 1 N–H and O–H groups in total. The van der Waals surface area contributed by atoms with Gasteiger partial charge in [-0.3, -0.25) is 0 Å². The number of fused-ring (bicyclic) bond motifs is 1. The van der Waals surface area contributed by atoms with Gasteiger partial charge < -0.3 is 14.9 Å². The average molecular weight is 442 g/mol. The average Bonchev–Trinajstić information content (AvgIpc) is 3.12. The number of aliphatic hydroxyl groups is 1. The summed E-state index contributed by atoms with van der Waals surface area (Å²) in [5.41, 5.74) is 5.87. The Hall–Kier alpha value is -1.43. The number of unbranched alkanes of at least 4 members (excludes halogenated alkanes) is 1. The lowest BCUT2D eigenvalue weighted by atomic mass is 9.63. The number of nitrogens with zero attached hydrogens (tertiary/aromatic N) is 3. The van der Waals surface area contributed by atoms with E-state index in [0.29, 0.717) is 6.61 Å². The van der Waals surface area contributed by atoms with Crippen LogP contribution in [0.1, 0.15) is 70.9 Å². The molecule has 1 aliphatic carbocycles. The van der Waals surface area contributed by atoms with E-state index >= 15 is 0 Å². The van der Waals surface area contributed by atoms with Crippen LogP contribution in [0, 0.1) is 0 Å². The van der Waals surface area contributed by atoms with Crippen LogP contribution in [0.4, 0.5) is 5.13 Å². The summed E-state index contributed by atoms with van der Waals surface area (Å²) in [5.74, 6) is 0. The lowest BCUT2D eigenvalue weighted by Crippen LogP contribution is -2.33. The Balaban J connectivity index is 1.49. The zero-order valence-electron chi connectivity index (χ0n) is 19.8. The summed E-state index contributed by atoms with van der Waals surface area (Å²) >= 11 is 1.78. The molecule has 1 aromatic heterocycles. The highest BCUT2D eigenvalue weighted by molar-refractivity contribution is 7.14. The minimum Gasteiger partial charge on any atom is -0.396 e. The van der Waals surface area contributed by atoms with E-state index in [1.54, 1.807) is 11.3 Å². The Bertz CT molecular complexity index is 889. The molecule has 2 aromatic rings. The number of thiazole rings is 1. The molecule has 0 amide bonds. The van der Waals surface area contributed by atoms with Gasteiger partial charge in [-0.15, -0.1) is 11.3 Å². The molecule has 0 atom stereocenters. The van der Waals surface area contributed by atoms with Crippen molar-refractivity contribution in [3.63, 3.8) is 0 Å². The van der Waals surface area contributed by atoms with Crippen molar-refractivity contribution in [1.82, 2.24) is 9.88 Å². The van der Waals surface area contributed by atoms with Gasteiger partial charge in [0, 0.05) is 37.2 Å². The summed E-state index contributed by atoms with van der Waals surface area (Å²) in [6.07, 6.45) is 5.66. The molecule has 1 fully saturated rings. The van der Waals surface area contributed by atoms with Crippen LogP contribution < -0.4 is 4.90 Å². The Labute approximate surface area is 192 Å². The molecule has 0 spiro atoms. The maximum absolute atomic E-state index is 9.02. The van der Waals surface area contributed by atoms with E-state index in [-0.39, 0.29) is 10.8 Å². The molecule has 1 saturated heterocycles. The molecule has 31 heavy (non-hydrogen) atoms. The zero-order chi connectivity index (χ0) is 22.1. The van der Waals surface area contributed by atoms with Crippen LogP contribution in [-0.4, -0.2) is 54.3 Å². The van der Waals surface area contributed by atoms with Crippen molar-refractivity contribution >= 4 is 16.5 Å². The summed E-state index contributed by atoms with van der Waals surface area (Å²) < 4.78 is 0. The predicted octanol–water partition coefficient (Wildman–Crippen LogP) is 5.44. The van der Waals surface area contributed by atoms with Crippen molar-refractivity contribution in [2.45, 2.75) is 70.6 Å². The lowest BCUT2D eigenvalue weighted by Gasteiger charge is -2.42. The van der Waals surface area contributed by atoms with Gasteiger partial charge in [-0.25, -0.2) is 4.98 Å². The third kappa shape index (κ3) is 4.99. The van der Waals surface area contributed by atoms with Crippen LogP contribution in [0.15, 0.2) is 23.6 Å². The summed E-state index contributed by atoms with van der Waals surface area (Å²) in [5, 5.41) is 12.4. The highest BCUT2D eigenvalue weighted by Crippen LogP contribution is 2.46. The number of benzene rings is 1. The van der Waals surface area contributed by atoms with Gasteiger partial charge in [0.15, 0.2) is 5.13 Å². The minimum atomic E-state index is 0.226. The predicted molar refractivity (Wildman–Crippen MR) is 132 cm³/mol. The second kappa shape index (κ2) is 9.21. The van der Waals surface area contributed by atoms with Gasteiger partial charge in [-0.2, -0.15) is 0 Å². The Morgan fingerprint density at radius 3 is 2.52 bits per heavy atom. The molecule has 2 aliphatic rings. The van der Waals surface area contributed by atoms with Gasteiger partial charge in [-0.05, 0) is 73.2 Å². The second-order valence-electron chi connectivity index (χ2n) is 10.7. The summed E-state index contributed by atoms with van der Waals surface area (Å²) in [6, 6.07) is 7.06. The van der Waals surface area contributed by atoms with Crippen LogP contribution >= 0.6 is 11.3 Å². The smallest absolute Gasteiger partial charge is 0.185 e. The van der Waals surface area contributed by atoms with E-state index in [0.717, 1.165) is 56.4 Å². The fourth-order valence-electron chi connectivity index (χ4n) is 5.12. The molecule has 0 unspecified atom stereocenters. The summed E-state index contributed by atoms with van der Waals surface area (Å²) in [6.45, 7) is 15.3. The maximum atomic E-state index is 9.02. The first kappa shape index (κ1) is 22.8. The molecule has 5 heteroatoms. The van der Waals surface area contributed by atoms with Gasteiger partial charge in [0.2, 0.25) is 0 Å². The van der Waals surface area contributed by atoms with Gasteiger partial charge in [0.1, 0.15) is 0 Å². The van der Waals surface area contributed by atoms with Gasteiger partial charge in [-0.1, -0.05) is 39.8 Å². The number of hydrogen-bond acceptors (Lipinski definition) is 5. The molecule has 1 aromatic carbocycles. The zero-order valence-corrected chi connectivity index (χ0v) is 20.6. The number of rotatable bonds is 6. The van der Waals surface area contributed by atoms with Gasteiger partial charge in [0.05, 0.1) is 5.69 Å². The van der Waals surface area contributed by atoms with Crippen molar-refractivity contribution < 1.29 is 5.11 Å². The van der Waals surface area contributed by atoms with Crippen molar-refractivity contribution in [2.24, 2.45) is 0 Å². The number of aliphatic hydroxyl groups excluding tert-OH is 1. The van der Waals surface area contributed by atoms with Crippen molar-refractivity contribution in [1.29, 1.82) is 0 Å². The highest BCUT2D eigenvalue weighted by Gasteiger charge is 2.37. The summed E-state index contributed by atoms with van der Waals surface area (Å²) in [4.78, 5) is 10.1. The Morgan fingerprint density at radius 1 is 0.968 bits per heavy atom. The Kier molecular flexibility index (Phi) is 6.76. The van der Waals surface area contributed by atoms with Crippen LogP contribution in [0.2, 0.25) is 0 Å².